The lowest BCUT2D eigenvalue weighted by Gasteiger charge is -2.11. The molecule has 140 valence electrons. The second-order valence-corrected chi connectivity index (χ2v) is 6.62. The summed E-state index contributed by atoms with van der Waals surface area (Å²) in [7, 11) is 0. The van der Waals surface area contributed by atoms with E-state index in [2.05, 4.69) is 52.8 Å². The van der Waals surface area contributed by atoms with E-state index in [9.17, 15) is 14.4 Å². The molecule has 8 nitrogen and oxygen atoms in total. The Morgan fingerprint density at radius 3 is 2.58 bits per heavy atom. The van der Waals surface area contributed by atoms with Crippen molar-refractivity contribution < 1.29 is 23.9 Å². The number of hydrazine groups is 1. The quantitative estimate of drug-likeness (QED) is 0.232. The largest absolute Gasteiger partial charge is 0.483 e. The number of hydrogen-bond donors (Lipinski definition) is 3. The maximum atomic E-state index is 11.7. The fourth-order valence-corrected chi connectivity index (χ4v) is 2.73. The van der Waals surface area contributed by atoms with Crippen LogP contribution in [0.2, 0.25) is 0 Å². The first kappa shape index (κ1) is 22.1. The highest BCUT2D eigenvalue weighted by Gasteiger charge is 2.07. The molecule has 2 amide bonds. The Labute approximate surface area is 171 Å². The Morgan fingerprint density at radius 2 is 1.92 bits per heavy atom. The van der Waals surface area contributed by atoms with E-state index >= 15 is 0 Å². The predicted molar refractivity (Wildman–Crippen MR) is 105 cm³/mol. The van der Waals surface area contributed by atoms with Gasteiger partial charge in [0.05, 0.1) is 11.1 Å². The zero-order chi connectivity index (χ0) is 19.5. The lowest BCUT2D eigenvalue weighted by molar-refractivity contribution is -0.137. The summed E-state index contributed by atoms with van der Waals surface area (Å²) in [6.07, 6.45) is 1.92. The molecule has 0 spiro atoms. The fraction of sp³-hybridized carbons (Fsp3) is 0.200. The first-order valence-electron chi connectivity index (χ1n) is 7.14. The van der Waals surface area contributed by atoms with Gasteiger partial charge in [-0.05, 0) is 53.3 Å². The number of benzene rings is 1. The molecule has 0 radical (unpaired) electrons. The van der Waals surface area contributed by atoms with Crippen molar-refractivity contribution in [3.8, 4) is 5.75 Å². The van der Waals surface area contributed by atoms with Crippen LogP contribution < -0.4 is 20.9 Å². The summed E-state index contributed by atoms with van der Waals surface area (Å²) in [5.41, 5.74) is 4.60. The van der Waals surface area contributed by atoms with Crippen molar-refractivity contribution in [1.82, 2.24) is 16.2 Å². The molecular weight excluding hydrogens is 494 g/mol. The van der Waals surface area contributed by atoms with E-state index in [0.29, 0.717) is 10.2 Å². The Bertz CT molecular complexity index is 727. The highest BCUT2D eigenvalue weighted by molar-refractivity contribution is 9.11. The van der Waals surface area contributed by atoms with Gasteiger partial charge in [-0.25, -0.2) is 4.79 Å². The number of halogens is 2. The molecule has 0 atom stereocenters. The van der Waals surface area contributed by atoms with Crippen LogP contribution in [-0.4, -0.2) is 36.1 Å². The van der Waals surface area contributed by atoms with Crippen LogP contribution in [0.3, 0.4) is 0 Å². The molecular formula is C15H15Br2N3O5S. The lowest BCUT2D eigenvalue weighted by Crippen LogP contribution is -2.49. The van der Waals surface area contributed by atoms with Crippen LogP contribution in [0.5, 0.6) is 5.75 Å². The van der Waals surface area contributed by atoms with Gasteiger partial charge in [0.1, 0.15) is 5.75 Å². The number of thiocarbonyl (C=S) groups is 1. The van der Waals surface area contributed by atoms with Crippen molar-refractivity contribution in [1.29, 1.82) is 0 Å². The third-order valence-electron chi connectivity index (χ3n) is 2.46. The van der Waals surface area contributed by atoms with Crippen LogP contribution in [0, 0.1) is 0 Å². The summed E-state index contributed by atoms with van der Waals surface area (Å²) < 4.78 is 11.5. The van der Waals surface area contributed by atoms with Crippen molar-refractivity contribution in [2.45, 2.75) is 6.92 Å². The number of hydrogen-bond acceptors (Lipinski definition) is 6. The van der Waals surface area contributed by atoms with Gasteiger partial charge < -0.3 is 9.47 Å². The molecule has 0 aliphatic rings. The SMILES string of the molecule is CCOC(=O)/C=C/C(=O)NC(=S)NNC(=O)COc1ccc(Br)cc1Br. The average Bonchev–Trinajstić information content (AvgIpc) is 2.57. The number of rotatable bonds is 6. The Kier molecular flexibility index (Phi) is 9.84. The van der Waals surface area contributed by atoms with E-state index in [4.69, 9.17) is 17.0 Å². The summed E-state index contributed by atoms with van der Waals surface area (Å²) in [6.45, 7) is 1.58. The van der Waals surface area contributed by atoms with Gasteiger partial charge in [-0.3, -0.25) is 25.8 Å². The number of carbonyl (C=O) groups excluding carboxylic acids is 3. The van der Waals surface area contributed by atoms with Crippen LogP contribution in [-0.2, 0) is 19.1 Å². The molecule has 1 rings (SSSR count). The van der Waals surface area contributed by atoms with E-state index < -0.39 is 17.8 Å². The molecule has 26 heavy (non-hydrogen) atoms. The Hall–Kier alpha value is -1.98. The molecule has 0 fully saturated rings. The first-order valence-corrected chi connectivity index (χ1v) is 9.13. The molecule has 0 aromatic heterocycles. The van der Waals surface area contributed by atoms with Crippen LogP contribution in [0.1, 0.15) is 6.92 Å². The minimum absolute atomic E-state index is 0.151. The molecule has 0 aliphatic carbocycles. The minimum Gasteiger partial charge on any atom is -0.483 e. The number of ether oxygens (including phenoxy) is 2. The predicted octanol–water partition coefficient (Wildman–Crippen LogP) is 1.73. The molecule has 0 saturated heterocycles. The van der Waals surface area contributed by atoms with Gasteiger partial charge in [0, 0.05) is 16.6 Å². The van der Waals surface area contributed by atoms with Crippen LogP contribution in [0.25, 0.3) is 0 Å². The average molecular weight is 509 g/mol. The zero-order valence-electron chi connectivity index (χ0n) is 13.5. The van der Waals surface area contributed by atoms with Crippen molar-refractivity contribution in [2.24, 2.45) is 0 Å². The number of esters is 1. The van der Waals surface area contributed by atoms with Crippen LogP contribution in [0.4, 0.5) is 0 Å². The zero-order valence-corrected chi connectivity index (χ0v) is 17.5. The smallest absolute Gasteiger partial charge is 0.330 e. The normalized spacial score (nSPS) is 10.1. The minimum atomic E-state index is -0.653. The van der Waals surface area contributed by atoms with Gasteiger partial charge in [0.15, 0.2) is 11.7 Å². The van der Waals surface area contributed by atoms with Crippen molar-refractivity contribution in [2.75, 3.05) is 13.2 Å². The summed E-state index contributed by atoms with van der Waals surface area (Å²) >= 11 is 11.5. The van der Waals surface area contributed by atoms with Gasteiger partial charge in [-0.15, -0.1) is 0 Å². The summed E-state index contributed by atoms with van der Waals surface area (Å²) in [6, 6.07) is 5.24. The highest BCUT2D eigenvalue weighted by Crippen LogP contribution is 2.27. The number of carbonyl (C=O) groups is 3. The summed E-state index contributed by atoms with van der Waals surface area (Å²) in [5.74, 6) is -1.33. The van der Waals surface area contributed by atoms with Gasteiger partial charge >= 0.3 is 5.97 Å². The van der Waals surface area contributed by atoms with E-state index in [0.717, 1.165) is 16.6 Å². The lowest BCUT2D eigenvalue weighted by atomic mass is 10.3. The van der Waals surface area contributed by atoms with Gasteiger partial charge in [0.2, 0.25) is 5.91 Å². The van der Waals surface area contributed by atoms with Crippen molar-refractivity contribution in [3.05, 3.63) is 39.3 Å². The van der Waals surface area contributed by atoms with Crippen LogP contribution in [0.15, 0.2) is 39.3 Å². The summed E-state index contributed by atoms with van der Waals surface area (Å²) in [5, 5.41) is 2.09. The maximum absolute atomic E-state index is 11.7. The van der Waals surface area contributed by atoms with E-state index in [-0.39, 0.29) is 18.3 Å². The first-order chi connectivity index (χ1) is 12.3. The van der Waals surface area contributed by atoms with Crippen LogP contribution >= 0.6 is 44.1 Å². The van der Waals surface area contributed by atoms with Gasteiger partial charge in [-0.1, -0.05) is 15.9 Å². The molecule has 3 N–H and O–H groups in total. The Morgan fingerprint density at radius 1 is 1.19 bits per heavy atom. The van der Waals surface area contributed by atoms with Crippen molar-refractivity contribution in [3.63, 3.8) is 0 Å². The second kappa shape index (κ2) is 11.6. The monoisotopic (exact) mass is 507 g/mol. The van der Waals surface area contributed by atoms with Crippen molar-refractivity contribution >= 4 is 67.0 Å². The standard InChI is InChI=1S/C15H15Br2N3O5S/c1-2-24-14(23)6-5-12(21)18-15(26)20-19-13(22)8-25-11-4-3-9(16)7-10(11)17/h3-7H,2,8H2,1H3,(H,19,22)(H2,18,20,21,26)/b6-5+. The van der Waals surface area contributed by atoms with E-state index in [1.54, 1.807) is 25.1 Å². The van der Waals surface area contributed by atoms with Gasteiger partial charge in [0.25, 0.3) is 5.91 Å². The highest BCUT2D eigenvalue weighted by atomic mass is 79.9. The van der Waals surface area contributed by atoms with Gasteiger partial charge in [-0.2, -0.15) is 0 Å². The molecule has 0 aliphatic heterocycles. The number of amides is 2. The second-order valence-electron chi connectivity index (χ2n) is 4.44. The topological polar surface area (TPSA) is 106 Å². The molecule has 0 heterocycles. The molecule has 0 bridgehead atoms. The molecule has 1 aromatic rings. The third kappa shape index (κ3) is 8.92. The van der Waals surface area contributed by atoms with E-state index in [1.807, 2.05) is 0 Å². The summed E-state index contributed by atoms with van der Waals surface area (Å²) in [4.78, 5) is 34.3. The van der Waals surface area contributed by atoms with E-state index in [1.165, 1.54) is 0 Å². The molecule has 0 saturated carbocycles. The number of nitrogens with one attached hydrogen (secondary N) is 3. The fourth-order valence-electron chi connectivity index (χ4n) is 1.42. The molecule has 0 unspecified atom stereocenters. The Balaban J connectivity index is 2.32. The molecule has 1 aromatic carbocycles. The third-order valence-corrected chi connectivity index (χ3v) is 3.78. The maximum Gasteiger partial charge on any atom is 0.330 e. The molecule has 11 heteroatoms.